The number of nitrogens with one attached hydrogen (secondary N) is 1. The molecule has 150 valence electrons. The van der Waals surface area contributed by atoms with E-state index in [2.05, 4.69) is 11.4 Å². The van der Waals surface area contributed by atoms with Crippen LogP contribution < -0.4 is 14.8 Å². The summed E-state index contributed by atoms with van der Waals surface area (Å²) in [7, 11) is 3.23. The Bertz CT molecular complexity index is 1070. The topological polar surface area (TPSA) is 65.4 Å². The lowest BCUT2D eigenvalue weighted by Gasteiger charge is -2.11. The first-order valence-electron chi connectivity index (χ1n) is 9.71. The number of nitrogens with zero attached hydrogens (tertiary/aromatic N) is 2. The lowest BCUT2D eigenvalue weighted by Crippen LogP contribution is -2.27. The predicted molar refractivity (Wildman–Crippen MR) is 112 cm³/mol. The van der Waals surface area contributed by atoms with Crippen LogP contribution in [-0.2, 0) is 0 Å². The molecule has 1 aliphatic rings. The monoisotopic (exact) mass is 391 g/mol. The zero-order valence-electron chi connectivity index (χ0n) is 17.2. The second kappa shape index (κ2) is 7.62. The number of carbonyl (C=O) groups excluding carboxylic acids is 1. The average molecular weight is 391 g/mol. The smallest absolute Gasteiger partial charge is 0.270 e. The summed E-state index contributed by atoms with van der Waals surface area (Å²) in [6.45, 7) is 4.08. The van der Waals surface area contributed by atoms with Crippen LogP contribution in [0.25, 0.3) is 16.9 Å². The molecular formula is C23H25N3O3. The zero-order chi connectivity index (χ0) is 20.5. The fourth-order valence-electron chi connectivity index (χ4n) is 3.40. The Labute approximate surface area is 170 Å². The van der Waals surface area contributed by atoms with Gasteiger partial charge in [0.2, 0.25) is 0 Å². The Hall–Kier alpha value is -3.28. The van der Waals surface area contributed by atoms with Crippen molar-refractivity contribution < 1.29 is 14.3 Å². The molecular weight excluding hydrogens is 366 g/mol. The molecule has 0 aliphatic heterocycles. The molecule has 1 aromatic heterocycles. The van der Waals surface area contributed by atoms with E-state index in [0.29, 0.717) is 22.9 Å². The number of aryl methyl sites for hydroxylation is 2. The number of amides is 1. The molecule has 6 nitrogen and oxygen atoms in total. The maximum Gasteiger partial charge on any atom is 0.270 e. The van der Waals surface area contributed by atoms with Gasteiger partial charge in [-0.3, -0.25) is 4.79 Å². The number of methoxy groups -OCH3 is 2. The molecule has 3 aromatic rings. The minimum Gasteiger partial charge on any atom is -0.497 e. The van der Waals surface area contributed by atoms with Gasteiger partial charge in [-0.1, -0.05) is 17.7 Å². The van der Waals surface area contributed by atoms with Gasteiger partial charge in [-0.05, 0) is 56.5 Å². The lowest BCUT2D eigenvalue weighted by molar-refractivity contribution is 0.0943. The van der Waals surface area contributed by atoms with Crippen molar-refractivity contribution in [1.82, 2.24) is 15.1 Å². The summed E-state index contributed by atoms with van der Waals surface area (Å²) in [6.07, 6.45) is 2.06. The molecule has 1 heterocycles. The van der Waals surface area contributed by atoms with E-state index in [1.165, 1.54) is 5.56 Å². The van der Waals surface area contributed by atoms with Gasteiger partial charge in [0.1, 0.15) is 17.2 Å². The summed E-state index contributed by atoms with van der Waals surface area (Å²) < 4.78 is 12.6. The Morgan fingerprint density at radius 3 is 2.52 bits per heavy atom. The van der Waals surface area contributed by atoms with Crippen LogP contribution in [0, 0.1) is 13.8 Å². The first-order chi connectivity index (χ1) is 14.0. The lowest BCUT2D eigenvalue weighted by atomic mass is 10.1. The standard InChI is InChI=1S/C23H25N3O3/c1-14-5-10-20(15(2)11-14)26-21(23(27)24-16-6-7-16)13-19(25-26)18-9-8-17(28-3)12-22(18)29-4/h5,8-13,16H,6-7H2,1-4H3,(H,24,27). The highest BCUT2D eigenvalue weighted by atomic mass is 16.5. The maximum atomic E-state index is 12.9. The first kappa shape index (κ1) is 19.1. The van der Waals surface area contributed by atoms with Gasteiger partial charge in [0, 0.05) is 17.7 Å². The van der Waals surface area contributed by atoms with E-state index in [4.69, 9.17) is 14.6 Å². The van der Waals surface area contributed by atoms with Crippen molar-refractivity contribution in [3.63, 3.8) is 0 Å². The average Bonchev–Trinajstić information content (AvgIpc) is 3.42. The van der Waals surface area contributed by atoms with E-state index in [1.807, 2.05) is 50.2 Å². The van der Waals surface area contributed by atoms with Gasteiger partial charge >= 0.3 is 0 Å². The molecule has 1 N–H and O–H groups in total. The summed E-state index contributed by atoms with van der Waals surface area (Å²) in [4.78, 5) is 12.9. The number of hydrogen-bond donors (Lipinski definition) is 1. The molecule has 0 bridgehead atoms. The summed E-state index contributed by atoms with van der Waals surface area (Å²) in [5, 5.41) is 7.86. The number of benzene rings is 2. The minimum atomic E-state index is -0.112. The van der Waals surface area contributed by atoms with Gasteiger partial charge in [0.05, 0.1) is 25.6 Å². The highest BCUT2D eigenvalue weighted by Gasteiger charge is 2.27. The second-order valence-corrected chi connectivity index (χ2v) is 7.43. The normalized spacial score (nSPS) is 13.2. The van der Waals surface area contributed by atoms with Crippen molar-refractivity contribution in [1.29, 1.82) is 0 Å². The number of hydrogen-bond acceptors (Lipinski definition) is 4. The molecule has 0 saturated heterocycles. The van der Waals surface area contributed by atoms with Crippen LogP contribution in [0.1, 0.15) is 34.5 Å². The van der Waals surface area contributed by atoms with Crippen LogP contribution in [-0.4, -0.2) is 35.9 Å². The molecule has 4 rings (SSSR count). The van der Waals surface area contributed by atoms with Gasteiger partial charge in [0.15, 0.2) is 0 Å². The molecule has 1 aliphatic carbocycles. The Balaban J connectivity index is 1.84. The van der Waals surface area contributed by atoms with Gasteiger partial charge in [-0.2, -0.15) is 5.10 Å². The highest BCUT2D eigenvalue weighted by Crippen LogP contribution is 2.34. The van der Waals surface area contributed by atoms with Crippen LogP contribution in [0.5, 0.6) is 11.5 Å². The van der Waals surface area contributed by atoms with Crippen molar-refractivity contribution in [3.8, 4) is 28.4 Å². The molecule has 0 spiro atoms. The Morgan fingerprint density at radius 1 is 1.07 bits per heavy atom. The van der Waals surface area contributed by atoms with Gasteiger partial charge in [0.25, 0.3) is 5.91 Å². The predicted octanol–water partition coefficient (Wildman–Crippen LogP) is 4.07. The zero-order valence-corrected chi connectivity index (χ0v) is 17.2. The maximum absolute atomic E-state index is 12.9. The fourth-order valence-corrected chi connectivity index (χ4v) is 3.40. The Morgan fingerprint density at radius 2 is 1.86 bits per heavy atom. The SMILES string of the molecule is COc1ccc(-c2cc(C(=O)NC3CC3)n(-c3ccc(C)cc3C)n2)c(OC)c1. The highest BCUT2D eigenvalue weighted by molar-refractivity contribution is 5.95. The molecule has 1 amide bonds. The van der Waals surface area contributed by atoms with Crippen LogP contribution in [0.2, 0.25) is 0 Å². The summed E-state index contributed by atoms with van der Waals surface area (Å²) in [6, 6.07) is 13.8. The van der Waals surface area contributed by atoms with Gasteiger partial charge < -0.3 is 14.8 Å². The summed E-state index contributed by atoms with van der Waals surface area (Å²) in [5.41, 5.74) is 5.09. The van der Waals surface area contributed by atoms with Crippen LogP contribution in [0.4, 0.5) is 0 Å². The van der Waals surface area contributed by atoms with E-state index in [-0.39, 0.29) is 11.9 Å². The van der Waals surface area contributed by atoms with E-state index >= 15 is 0 Å². The first-order valence-corrected chi connectivity index (χ1v) is 9.71. The third-order valence-electron chi connectivity index (χ3n) is 5.12. The van der Waals surface area contributed by atoms with Crippen molar-refractivity contribution in [3.05, 3.63) is 59.3 Å². The molecule has 1 saturated carbocycles. The minimum absolute atomic E-state index is 0.112. The number of rotatable bonds is 6. The van der Waals surface area contributed by atoms with Crippen molar-refractivity contribution in [2.24, 2.45) is 0 Å². The number of carbonyl (C=O) groups is 1. The van der Waals surface area contributed by atoms with E-state index in [9.17, 15) is 4.79 Å². The molecule has 0 radical (unpaired) electrons. The number of aromatic nitrogens is 2. The van der Waals surface area contributed by atoms with Crippen LogP contribution in [0.3, 0.4) is 0 Å². The van der Waals surface area contributed by atoms with Crippen molar-refractivity contribution in [2.45, 2.75) is 32.7 Å². The van der Waals surface area contributed by atoms with Gasteiger partial charge in [-0.25, -0.2) is 4.68 Å². The quantitative estimate of drug-likeness (QED) is 0.688. The van der Waals surface area contributed by atoms with Crippen molar-refractivity contribution >= 4 is 5.91 Å². The molecule has 6 heteroatoms. The van der Waals surface area contributed by atoms with E-state index in [0.717, 1.165) is 29.7 Å². The summed E-state index contributed by atoms with van der Waals surface area (Å²) >= 11 is 0. The fraction of sp³-hybridized carbons (Fsp3) is 0.304. The van der Waals surface area contributed by atoms with E-state index < -0.39 is 0 Å². The molecule has 1 fully saturated rings. The third kappa shape index (κ3) is 3.83. The van der Waals surface area contributed by atoms with E-state index in [1.54, 1.807) is 18.9 Å². The largest absolute Gasteiger partial charge is 0.497 e. The third-order valence-corrected chi connectivity index (χ3v) is 5.12. The second-order valence-electron chi connectivity index (χ2n) is 7.43. The molecule has 29 heavy (non-hydrogen) atoms. The van der Waals surface area contributed by atoms with Gasteiger partial charge in [-0.15, -0.1) is 0 Å². The molecule has 0 atom stereocenters. The molecule has 0 unspecified atom stereocenters. The van der Waals surface area contributed by atoms with Crippen LogP contribution >= 0.6 is 0 Å². The van der Waals surface area contributed by atoms with Crippen LogP contribution in [0.15, 0.2) is 42.5 Å². The molecule has 2 aromatic carbocycles. The summed E-state index contributed by atoms with van der Waals surface area (Å²) in [5.74, 6) is 1.23. The number of ether oxygens (including phenoxy) is 2. The Kier molecular flexibility index (Phi) is 5.01. The van der Waals surface area contributed by atoms with Crippen molar-refractivity contribution in [2.75, 3.05) is 14.2 Å².